The van der Waals surface area contributed by atoms with E-state index in [9.17, 15) is 4.79 Å². The Morgan fingerprint density at radius 1 is 1.09 bits per heavy atom. The summed E-state index contributed by atoms with van der Waals surface area (Å²) in [4.78, 5) is 17.7. The quantitative estimate of drug-likeness (QED) is 0.311. The number of H-pyrrole nitrogens is 1. The van der Waals surface area contributed by atoms with Gasteiger partial charge in [0.15, 0.2) is 0 Å². The molecule has 176 valence electrons. The normalized spacial score (nSPS) is 14.1. The van der Waals surface area contributed by atoms with Gasteiger partial charge in [0.1, 0.15) is 5.75 Å². The highest BCUT2D eigenvalue weighted by molar-refractivity contribution is 9.09. The van der Waals surface area contributed by atoms with E-state index in [4.69, 9.17) is 26.8 Å². The molecule has 1 fully saturated rings. The van der Waals surface area contributed by atoms with Gasteiger partial charge in [-0.1, -0.05) is 39.7 Å². The molecule has 0 radical (unpaired) electrons. The zero-order valence-corrected chi connectivity index (χ0v) is 20.9. The minimum absolute atomic E-state index is 0.146. The number of hydrogen-bond donors (Lipinski definition) is 2. The lowest BCUT2D eigenvalue weighted by molar-refractivity contribution is -0.117. The molecule has 0 spiro atoms. The minimum atomic E-state index is -0.373. The number of halogens is 2. The lowest BCUT2D eigenvalue weighted by Gasteiger charge is -2.28. The number of nitrogens with zero attached hydrogens (tertiary/aromatic N) is 1. The molecule has 0 aliphatic carbocycles. The van der Waals surface area contributed by atoms with Crippen molar-refractivity contribution in [3.05, 3.63) is 59.1 Å². The van der Waals surface area contributed by atoms with Crippen LogP contribution < -0.4 is 15.4 Å². The van der Waals surface area contributed by atoms with Crippen molar-refractivity contribution in [1.82, 2.24) is 4.98 Å². The molecule has 0 saturated carbocycles. The first-order valence-electron chi connectivity index (χ1n) is 11.2. The van der Waals surface area contributed by atoms with Gasteiger partial charge in [-0.2, -0.15) is 0 Å². The number of hydrogen-bond acceptors (Lipinski definition) is 4. The summed E-state index contributed by atoms with van der Waals surface area (Å²) in [5.41, 5.74) is 11.5. The smallest absolute Gasteiger partial charge is 0.221 e. The summed E-state index contributed by atoms with van der Waals surface area (Å²) in [5.74, 6) is 0.272. The van der Waals surface area contributed by atoms with Crippen LogP contribution >= 0.6 is 27.5 Å². The lowest BCUT2D eigenvalue weighted by atomic mass is 9.97. The number of primary amides is 1. The third-order valence-electron chi connectivity index (χ3n) is 6.11. The number of fused-ring (bicyclic) bond motifs is 3. The van der Waals surface area contributed by atoms with Gasteiger partial charge >= 0.3 is 0 Å². The molecule has 1 amide bonds. The molecule has 1 aliphatic heterocycles. The number of aromatic amines is 1. The van der Waals surface area contributed by atoms with Crippen molar-refractivity contribution in [3.63, 3.8) is 0 Å². The van der Waals surface area contributed by atoms with E-state index in [1.54, 1.807) is 0 Å². The number of carbonyl (C=O) groups is 1. The van der Waals surface area contributed by atoms with E-state index < -0.39 is 0 Å². The number of amides is 1. The summed E-state index contributed by atoms with van der Waals surface area (Å²) in [6, 6.07) is 16.4. The van der Waals surface area contributed by atoms with Crippen molar-refractivity contribution in [2.75, 3.05) is 43.1 Å². The number of nitrogens with two attached hydrogens (primary N) is 1. The molecule has 0 bridgehead atoms. The van der Waals surface area contributed by atoms with E-state index in [1.807, 2.05) is 24.3 Å². The molecule has 8 heteroatoms. The van der Waals surface area contributed by atoms with Crippen LogP contribution in [0.4, 0.5) is 5.69 Å². The Hall–Kier alpha value is -2.74. The van der Waals surface area contributed by atoms with E-state index in [2.05, 4.69) is 50.1 Å². The molecule has 4 aromatic rings. The maximum absolute atomic E-state index is 11.9. The summed E-state index contributed by atoms with van der Waals surface area (Å²) >= 11 is 9.85. The topological polar surface area (TPSA) is 80.6 Å². The number of rotatable bonds is 7. The van der Waals surface area contributed by atoms with E-state index >= 15 is 0 Å². The van der Waals surface area contributed by atoms with Crippen LogP contribution in [-0.2, 0) is 16.0 Å². The number of anilines is 1. The molecule has 1 aromatic heterocycles. The molecule has 6 nitrogen and oxygen atoms in total. The predicted molar refractivity (Wildman–Crippen MR) is 141 cm³/mol. The van der Waals surface area contributed by atoms with Crippen LogP contribution in [0.3, 0.4) is 0 Å². The first-order chi connectivity index (χ1) is 16.5. The average Bonchev–Trinajstić information content (AvgIpc) is 3.22. The third kappa shape index (κ3) is 4.60. The van der Waals surface area contributed by atoms with Gasteiger partial charge in [-0.3, -0.25) is 4.79 Å². The molecular formula is C26H25BrClN3O3. The molecule has 5 rings (SSSR count). The number of morpholine rings is 1. The summed E-state index contributed by atoms with van der Waals surface area (Å²) < 4.78 is 11.2. The largest absolute Gasteiger partial charge is 0.491 e. The Labute approximate surface area is 211 Å². The molecule has 34 heavy (non-hydrogen) atoms. The van der Waals surface area contributed by atoms with Crippen LogP contribution in [0.15, 0.2) is 48.5 Å². The van der Waals surface area contributed by atoms with Crippen molar-refractivity contribution >= 4 is 60.9 Å². The van der Waals surface area contributed by atoms with Crippen LogP contribution in [0.5, 0.6) is 5.75 Å². The molecular weight excluding hydrogens is 518 g/mol. The highest BCUT2D eigenvalue weighted by atomic mass is 79.9. The SMILES string of the molecule is NC(=O)Cc1cc(-c2ccc(OCCBr)c(Cl)c2)cc2c1[nH]c1cc(N3CCOCC3)ccc12. The van der Waals surface area contributed by atoms with Crippen LogP contribution in [0.25, 0.3) is 32.9 Å². The Morgan fingerprint density at radius 3 is 2.65 bits per heavy atom. The zero-order valence-electron chi connectivity index (χ0n) is 18.6. The minimum Gasteiger partial charge on any atom is -0.491 e. The second-order valence-electron chi connectivity index (χ2n) is 8.34. The molecule has 0 atom stereocenters. The molecule has 3 aromatic carbocycles. The van der Waals surface area contributed by atoms with Crippen molar-refractivity contribution in [3.8, 4) is 16.9 Å². The maximum Gasteiger partial charge on any atom is 0.221 e. The number of aromatic nitrogens is 1. The van der Waals surface area contributed by atoms with Gasteiger partial charge in [0.25, 0.3) is 0 Å². The summed E-state index contributed by atoms with van der Waals surface area (Å²) in [5, 5.41) is 3.42. The number of alkyl halides is 1. The van der Waals surface area contributed by atoms with Crippen molar-refractivity contribution in [1.29, 1.82) is 0 Å². The van der Waals surface area contributed by atoms with Gasteiger partial charge in [-0.05, 0) is 53.1 Å². The molecule has 3 N–H and O–H groups in total. The highest BCUT2D eigenvalue weighted by Gasteiger charge is 2.16. The third-order valence-corrected chi connectivity index (χ3v) is 6.73. The lowest BCUT2D eigenvalue weighted by Crippen LogP contribution is -2.36. The van der Waals surface area contributed by atoms with E-state index in [-0.39, 0.29) is 12.3 Å². The fourth-order valence-electron chi connectivity index (χ4n) is 4.53. The molecule has 1 saturated heterocycles. The van der Waals surface area contributed by atoms with Crippen LogP contribution in [0, 0.1) is 0 Å². The first-order valence-corrected chi connectivity index (χ1v) is 12.7. The van der Waals surface area contributed by atoms with Gasteiger partial charge in [0, 0.05) is 40.4 Å². The Bertz CT molecular complexity index is 1360. The summed E-state index contributed by atoms with van der Waals surface area (Å²) in [7, 11) is 0. The van der Waals surface area contributed by atoms with Crippen LogP contribution in [0.1, 0.15) is 5.56 Å². The first kappa shape index (κ1) is 23.0. The highest BCUT2D eigenvalue weighted by Crippen LogP contribution is 2.37. The number of nitrogens with one attached hydrogen (secondary N) is 1. The molecule has 1 aliphatic rings. The summed E-state index contributed by atoms with van der Waals surface area (Å²) in [6.45, 7) is 3.76. The Kier molecular flexibility index (Phi) is 6.68. The zero-order chi connectivity index (χ0) is 23.7. The van der Waals surface area contributed by atoms with E-state index in [0.717, 1.165) is 75.8 Å². The van der Waals surface area contributed by atoms with E-state index in [0.29, 0.717) is 17.4 Å². The number of benzene rings is 3. The monoisotopic (exact) mass is 541 g/mol. The second-order valence-corrected chi connectivity index (χ2v) is 9.54. The maximum atomic E-state index is 11.9. The fraction of sp³-hybridized carbons (Fsp3) is 0.269. The van der Waals surface area contributed by atoms with Crippen molar-refractivity contribution in [2.24, 2.45) is 5.73 Å². The number of carbonyl (C=O) groups excluding carboxylic acids is 1. The van der Waals surface area contributed by atoms with Gasteiger partial charge < -0.3 is 25.1 Å². The van der Waals surface area contributed by atoms with E-state index in [1.165, 1.54) is 0 Å². The fourth-order valence-corrected chi connectivity index (χ4v) is 4.92. The van der Waals surface area contributed by atoms with Crippen molar-refractivity contribution < 1.29 is 14.3 Å². The molecule has 2 heterocycles. The summed E-state index contributed by atoms with van der Waals surface area (Å²) in [6.07, 6.45) is 0.146. The average molecular weight is 543 g/mol. The van der Waals surface area contributed by atoms with Crippen LogP contribution in [0.2, 0.25) is 5.02 Å². The Balaban J connectivity index is 1.61. The van der Waals surface area contributed by atoms with Gasteiger partial charge in [0.2, 0.25) is 5.91 Å². The second kappa shape index (κ2) is 9.86. The van der Waals surface area contributed by atoms with Crippen molar-refractivity contribution in [2.45, 2.75) is 6.42 Å². The standard InChI is InChI=1S/C26H25BrClN3O3/c27-5-8-34-24-4-1-16(13-22(24)28)17-11-18(14-25(29)32)26-21(12-17)20-3-2-19(15-23(20)30-26)31-6-9-33-10-7-31/h1-4,11-13,15,30H,5-10,14H2,(H2,29,32). The van der Waals surface area contributed by atoms with Gasteiger partial charge in [0.05, 0.1) is 36.8 Å². The number of ether oxygens (including phenoxy) is 2. The van der Waals surface area contributed by atoms with Crippen LogP contribution in [-0.4, -0.2) is 49.1 Å². The Morgan fingerprint density at radius 2 is 1.91 bits per heavy atom. The van der Waals surface area contributed by atoms with Gasteiger partial charge in [-0.25, -0.2) is 0 Å². The van der Waals surface area contributed by atoms with Gasteiger partial charge in [-0.15, -0.1) is 0 Å². The molecule has 0 unspecified atom stereocenters. The predicted octanol–water partition coefficient (Wildman–Crippen LogP) is 5.28.